The summed E-state index contributed by atoms with van der Waals surface area (Å²) in [4.78, 5) is 23.4. The predicted molar refractivity (Wildman–Crippen MR) is 84.8 cm³/mol. The Labute approximate surface area is 131 Å². The molecule has 0 fully saturated rings. The number of aliphatic carboxylic acids is 1. The van der Waals surface area contributed by atoms with Crippen LogP contribution in [-0.2, 0) is 19.7 Å². The maximum Gasteiger partial charge on any atom is 0.331 e. The van der Waals surface area contributed by atoms with Crippen LogP contribution >= 0.6 is 0 Å². The third-order valence-electron chi connectivity index (χ3n) is 3.85. The minimum atomic E-state index is -1.40. The van der Waals surface area contributed by atoms with Crippen molar-refractivity contribution in [1.82, 2.24) is 5.32 Å². The number of benzene rings is 1. The minimum Gasteiger partial charge on any atom is -0.479 e. The highest BCUT2D eigenvalue weighted by Gasteiger charge is 2.35. The van der Waals surface area contributed by atoms with Crippen LogP contribution in [0.3, 0.4) is 0 Å². The summed E-state index contributed by atoms with van der Waals surface area (Å²) in [5.41, 5.74) is -0.400. The summed E-state index contributed by atoms with van der Waals surface area (Å²) in [6, 6.07) is 9.96. The van der Waals surface area contributed by atoms with E-state index >= 15 is 0 Å². The zero-order chi connectivity index (χ0) is 16.8. The molecule has 122 valence electrons. The molecule has 0 saturated heterocycles. The summed E-state index contributed by atoms with van der Waals surface area (Å²) in [7, 11) is 1.41. The number of hydrogen-bond donors (Lipinski definition) is 2. The van der Waals surface area contributed by atoms with Crippen molar-refractivity contribution in [2.75, 3.05) is 13.7 Å². The van der Waals surface area contributed by atoms with Gasteiger partial charge in [-0.1, -0.05) is 44.2 Å². The Kier molecular flexibility index (Phi) is 6.11. The summed E-state index contributed by atoms with van der Waals surface area (Å²) in [5.74, 6) is -1.39. The van der Waals surface area contributed by atoms with E-state index in [1.165, 1.54) is 14.0 Å². The largest absolute Gasteiger partial charge is 0.479 e. The van der Waals surface area contributed by atoms with Gasteiger partial charge in [0.15, 0.2) is 5.54 Å². The van der Waals surface area contributed by atoms with Gasteiger partial charge >= 0.3 is 5.97 Å². The van der Waals surface area contributed by atoms with Gasteiger partial charge in [-0.2, -0.15) is 0 Å². The summed E-state index contributed by atoms with van der Waals surface area (Å²) in [6.45, 7) is 5.51. The number of carboxylic acids is 1. The van der Waals surface area contributed by atoms with E-state index in [0.717, 1.165) is 5.56 Å². The van der Waals surface area contributed by atoms with Crippen molar-refractivity contribution in [3.05, 3.63) is 35.9 Å². The molecule has 0 aliphatic carbocycles. The van der Waals surface area contributed by atoms with Crippen LogP contribution in [-0.4, -0.2) is 36.2 Å². The van der Waals surface area contributed by atoms with Gasteiger partial charge < -0.3 is 15.2 Å². The zero-order valence-corrected chi connectivity index (χ0v) is 13.7. The first-order valence-corrected chi connectivity index (χ1v) is 7.30. The fraction of sp³-hybridized carbons (Fsp3) is 0.529. The van der Waals surface area contributed by atoms with Gasteiger partial charge in [-0.25, -0.2) is 4.79 Å². The van der Waals surface area contributed by atoms with Crippen molar-refractivity contribution in [3.8, 4) is 0 Å². The number of amides is 1. The highest BCUT2D eigenvalue weighted by molar-refractivity contribution is 5.86. The summed E-state index contributed by atoms with van der Waals surface area (Å²) in [5, 5.41) is 11.8. The molecular formula is C17H25NO4. The van der Waals surface area contributed by atoms with Crippen LogP contribution < -0.4 is 5.32 Å². The number of carboxylic acid groups (broad SMARTS) is 1. The van der Waals surface area contributed by atoms with Crippen LogP contribution in [0, 0.1) is 0 Å². The predicted octanol–water partition coefficient (Wildman–Crippen LogP) is 2.35. The Morgan fingerprint density at radius 1 is 1.18 bits per heavy atom. The summed E-state index contributed by atoms with van der Waals surface area (Å²) in [6.07, 6.45) is 0.889. The van der Waals surface area contributed by atoms with E-state index in [0.29, 0.717) is 6.42 Å². The van der Waals surface area contributed by atoms with Crippen LogP contribution in [0.4, 0.5) is 0 Å². The van der Waals surface area contributed by atoms with Crippen molar-refractivity contribution in [3.63, 3.8) is 0 Å². The van der Waals surface area contributed by atoms with Gasteiger partial charge in [0.05, 0.1) is 6.61 Å². The highest BCUT2D eigenvalue weighted by Crippen LogP contribution is 2.28. The molecule has 0 aliphatic heterocycles. The first kappa shape index (κ1) is 18.2. The quantitative estimate of drug-likeness (QED) is 0.773. The average molecular weight is 307 g/mol. The standard InChI is InChI=1S/C17H25NO4/c1-16(2,13-8-6-5-7-9-13)11-10-14(19)18-17(3,12-22-4)15(20)21/h5-9H,10-12H2,1-4H3,(H,18,19)(H,20,21). The molecule has 0 saturated carbocycles. The molecular weight excluding hydrogens is 282 g/mol. The maximum absolute atomic E-state index is 12.1. The molecule has 1 atom stereocenters. The van der Waals surface area contributed by atoms with Crippen LogP contribution in [0.2, 0.25) is 0 Å². The fourth-order valence-corrected chi connectivity index (χ4v) is 2.27. The lowest BCUT2D eigenvalue weighted by atomic mass is 9.80. The van der Waals surface area contributed by atoms with Gasteiger partial charge in [-0.15, -0.1) is 0 Å². The van der Waals surface area contributed by atoms with Crippen molar-refractivity contribution in [1.29, 1.82) is 0 Å². The first-order valence-electron chi connectivity index (χ1n) is 7.30. The number of methoxy groups -OCH3 is 1. The van der Waals surface area contributed by atoms with Crippen LogP contribution in [0.25, 0.3) is 0 Å². The molecule has 22 heavy (non-hydrogen) atoms. The maximum atomic E-state index is 12.1. The van der Waals surface area contributed by atoms with Crippen LogP contribution in [0.15, 0.2) is 30.3 Å². The van der Waals surface area contributed by atoms with E-state index in [1.807, 2.05) is 30.3 Å². The van der Waals surface area contributed by atoms with E-state index in [4.69, 9.17) is 4.74 Å². The van der Waals surface area contributed by atoms with Gasteiger partial charge in [-0.05, 0) is 24.3 Å². The van der Waals surface area contributed by atoms with Gasteiger partial charge in [0, 0.05) is 13.5 Å². The summed E-state index contributed by atoms with van der Waals surface area (Å²) >= 11 is 0. The lowest BCUT2D eigenvalue weighted by Gasteiger charge is -2.28. The lowest BCUT2D eigenvalue weighted by molar-refractivity contribution is -0.149. The smallest absolute Gasteiger partial charge is 0.331 e. The van der Waals surface area contributed by atoms with E-state index in [1.54, 1.807) is 0 Å². The number of carbonyl (C=O) groups is 2. The van der Waals surface area contributed by atoms with Gasteiger partial charge in [-0.3, -0.25) is 4.79 Å². The number of carbonyl (C=O) groups excluding carboxylic acids is 1. The second kappa shape index (κ2) is 7.40. The Balaban J connectivity index is 2.64. The fourth-order valence-electron chi connectivity index (χ4n) is 2.27. The van der Waals surface area contributed by atoms with Crippen LogP contribution in [0.5, 0.6) is 0 Å². The Bertz CT molecular complexity index is 513. The molecule has 5 heteroatoms. The minimum absolute atomic E-state index is 0.0733. The molecule has 0 heterocycles. The van der Waals surface area contributed by atoms with E-state index in [-0.39, 0.29) is 24.3 Å². The van der Waals surface area contributed by atoms with Crippen molar-refractivity contribution < 1.29 is 19.4 Å². The normalized spacial score (nSPS) is 14.2. The second-order valence-corrected chi connectivity index (χ2v) is 6.37. The summed E-state index contributed by atoms with van der Waals surface area (Å²) < 4.78 is 4.89. The molecule has 1 rings (SSSR count). The third kappa shape index (κ3) is 4.84. The molecule has 0 aromatic heterocycles. The zero-order valence-electron chi connectivity index (χ0n) is 13.7. The third-order valence-corrected chi connectivity index (χ3v) is 3.85. The molecule has 0 bridgehead atoms. The van der Waals surface area contributed by atoms with E-state index < -0.39 is 11.5 Å². The molecule has 1 unspecified atom stereocenters. The van der Waals surface area contributed by atoms with Crippen molar-refractivity contribution in [2.24, 2.45) is 0 Å². The molecule has 2 N–H and O–H groups in total. The topological polar surface area (TPSA) is 75.6 Å². The highest BCUT2D eigenvalue weighted by atomic mass is 16.5. The molecule has 1 aromatic carbocycles. The monoisotopic (exact) mass is 307 g/mol. The second-order valence-electron chi connectivity index (χ2n) is 6.37. The SMILES string of the molecule is COCC(C)(NC(=O)CCC(C)(C)c1ccccc1)C(=O)O. The van der Waals surface area contributed by atoms with Gasteiger partial charge in [0.25, 0.3) is 0 Å². The molecule has 5 nitrogen and oxygen atoms in total. The number of nitrogens with one attached hydrogen (secondary N) is 1. The number of rotatable bonds is 8. The molecule has 0 spiro atoms. The van der Waals surface area contributed by atoms with E-state index in [9.17, 15) is 14.7 Å². The molecule has 0 aliphatic rings. The number of hydrogen-bond acceptors (Lipinski definition) is 3. The van der Waals surface area contributed by atoms with Gasteiger partial charge in [0.2, 0.25) is 5.91 Å². The van der Waals surface area contributed by atoms with Gasteiger partial charge in [0.1, 0.15) is 0 Å². The molecule has 1 amide bonds. The van der Waals surface area contributed by atoms with Crippen molar-refractivity contribution in [2.45, 2.75) is 44.6 Å². The van der Waals surface area contributed by atoms with Crippen LogP contribution in [0.1, 0.15) is 39.2 Å². The lowest BCUT2D eigenvalue weighted by Crippen LogP contribution is -2.55. The van der Waals surface area contributed by atoms with E-state index in [2.05, 4.69) is 19.2 Å². The Hall–Kier alpha value is -1.88. The Morgan fingerprint density at radius 3 is 2.27 bits per heavy atom. The number of ether oxygens (including phenoxy) is 1. The first-order chi connectivity index (χ1) is 10.2. The Morgan fingerprint density at radius 2 is 1.77 bits per heavy atom. The molecule has 1 aromatic rings. The van der Waals surface area contributed by atoms with Crippen molar-refractivity contribution >= 4 is 11.9 Å². The average Bonchev–Trinajstić information content (AvgIpc) is 2.46. The molecule has 0 radical (unpaired) electrons.